The molecule has 8 N–H and O–H groups in total. The summed E-state index contributed by atoms with van der Waals surface area (Å²) in [6, 6.07) is 11.4. The molecule has 3 aromatic rings. The Bertz CT molecular complexity index is 1890. The van der Waals surface area contributed by atoms with Gasteiger partial charge in [-0.05, 0) is 62.4 Å². The molecule has 292 valence electrons. The molecular formula is C38H51N7O9. The number of nitrogens with zero attached hydrogens (tertiary/aromatic N) is 2. The number of nitrogens with two attached hydrogens (primary N) is 2. The number of aromatic nitrogens is 2. The molecule has 4 amide bonds. The van der Waals surface area contributed by atoms with E-state index in [4.69, 9.17) is 26.3 Å². The highest BCUT2D eigenvalue weighted by molar-refractivity contribution is 5.90. The van der Waals surface area contributed by atoms with Crippen LogP contribution in [0, 0.1) is 0 Å². The van der Waals surface area contributed by atoms with Crippen molar-refractivity contribution in [1.29, 1.82) is 0 Å². The number of carbonyl (C=O) groups excluding carboxylic acids is 5. The summed E-state index contributed by atoms with van der Waals surface area (Å²) in [6.07, 6.45) is 4.58. The van der Waals surface area contributed by atoms with Crippen LogP contribution in [0.2, 0.25) is 0 Å². The van der Waals surface area contributed by atoms with Crippen LogP contribution in [-0.2, 0) is 46.7 Å². The van der Waals surface area contributed by atoms with E-state index in [9.17, 15) is 33.6 Å². The van der Waals surface area contributed by atoms with E-state index in [1.54, 1.807) is 4.57 Å². The second-order valence-electron chi connectivity index (χ2n) is 12.9. The van der Waals surface area contributed by atoms with Crippen LogP contribution < -0.4 is 33.0 Å². The van der Waals surface area contributed by atoms with Crippen molar-refractivity contribution in [3.8, 4) is 11.4 Å². The van der Waals surface area contributed by atoms with Gasteiger partial charge in [0, 0.05) is 30.8 Å². The highest BCUT2D eigenvalue weighted by Gasteiger charge is 2.34. The van der Waals surface area contributed by atoms with Crippen LogP contribution >= 0.6 is 0 Å². The van der Waals surface area contributed by atoms with Crippen molar-refractivity contribution in [3.63, 3.8) is 0 Å². The first kappa shape index (κ1) is 42.8. The first-order valence-corrected chi connectivity index (χ1v) is 18.1. The van der Waals surface area contributed by atoms with Crippen LogP contribution in [-0.4, -0.2) is 75.9 Å². The van der Waals surface area contributed by atoms with E-state index in [2.05, 4.69) is 22.0 Å². The number of unbranched alkanes of at least 4 members (excludes halogenated alkanes) is 2. The molecule has 2 unspecified atom stereocenters. The maximum atomic E-state index is 13.0. The fraction of sp³-hybridized carbons (Fsp3) is 0.474. The third kappa shape index (κ3) is 12.2. The molecule has 0 saturated heterocycles. The highest BCUT2D eigenvalue weighted by Crippen LogP contribution is 2.36. The second-order valence-corrected chi connectivity index (χ2v) is 12.9. The molecule has 0 aliphatic carbocycles. The summed E-state index contributed by atoms with van der Waals surface area (Å²) in [6.45, 7) is 6.83. The minimum absolute atomic E-state index is 0.0650. The summed E-state index contributed by atoms with van der Waals surface area (Å²) < 4.78 is 6.97. The Hall–Kier alpha value is -5.64. The molecule has 2 aliphatic heterocycles. The number of carboxylic acid groups (broad SMARTS) is 1. The van der Waals surface area contributed by atoms with Crippen molar-refractivity contribution in [3.05, 3.63) is 63.4 Å². The average Bonchev–Trinajstić information content (AvgIpc) is 3.49. The normalized spacial score (nSPS) is 14.0. The number of amides is 4. The van der Waals surface area contributed by atoms with Crippen LogP contribution in [0.15, 0.2) is 41.2 Å². The predicted octanol–water partition coefficient (Wildman–Crippen LogP) is 1.96. The summed E-state index contributed by atoms with van der Waals surface area (Å²) in [5.41, 5.74) is 15.2. The number of carboxylic acids is 1. The van der Waals surface area contributed by atoms with Gasteiger partial charge in [0.1, 0.15) is 12.6 Å². The Balaban J connectivity index is 0.000000237. The minimum atomic E-state index is -0.930. The van der Waals surface area contributed by atoms with Gasteiger partial charge in [0.25, 0.3) is 5.56 Å². The number of para-hydroxylation sites is 1. The zero-order valence-electron chi connectivity index (χ0n) is 31.1. The topological polar surface area (TPSA) is 255 Å². The molecule has 1 aromatic carbocycles. The number of benzene rings is 1. The lowest BCUT2D eigenvalue weighted by Crippen LogP contribution is -2.48. The van der Waals surface area contributed by atoms with E-state index in [-0.39, 0.29) is 55.3 Å². The minimum Gasteiger partial charge on any atom is -0.481 e. The molecule has 0 spiro atoms. The summed E-state index contributed by atoms with van der Waals surface area (Å²) in [5.74, 6) is -3.04. The van der Waals surface area contributed by atoms with E-state index >= 15 is 0 Å². The molecular weight excluding hydrogens is 698 g/mol. The maximum absolute atomic E-state index is 13.0. The van der Waals surface area contributed by atoms with Crippen LogP contribution in [0.4, 0.5) is 0 Å². The number of ether oxygens (including phenoxy) is 1. The quantitative estimate of drug-likeness (QED) is 0.0757. The average molecular weight is 750 g/mol. The number of hydrogen-bond donors (Lipinski definition) is 6. The van der Waals surface area contributed by atoms with E-state index in [1.807, 2.05) is 44.2 Å². The Morgan fingerprint density at radius 3 is 2.43 bits per heavy atom. The summed E-state index contributed by atoms with van der Waals surface area (Å²) in [4.78, 5) is 83.8. The fourth-order valence-electron chi connectivity index (χ4n) is 5.96. The fourth-order valence-corrected chi connectivity index (χ4v) is 5.96. The van der Waals surface area contributed by atoms with Crippen LogP contribution in [0.25, 0.3) is 22.3 Å². The lowest BCUT2D eigenvalue weighted by atomic mass is 9.90. The standard InChI is InChI=1S/C20H16N2O3.C10H20N4O3.C8H15NO3/c1-2-13-14-8-17-18-12(7-11-5-3-4-6-16(11)21-18)9-22(17)19(23)15(14)10-25-20(13)24;1-7(15)14-8(4-2-3-5-11)10(17)13-6-9(12)16;1-2-3-6-9-7(10)4-5-8(11)12/h3-8,13H,2,9-10H2,1H3;8H,2-6,11H2,1H3,(H2,12,16)(H,13,17)(H,14,15);2-6H2,1H3,(H,9,10)(H,11,12). The SMILES string of the molecule is CC(=O)NC(CCCCN)C(=O)NCC(N)=O.CCC1C(=O)OCc2c1cc1n(c2=O)Cc2cc3ccccc3nc2-1.CCCCNC(=O)CCC(=O)O. The van der Waals surface area contributed by atoms with Crippen molar-refractivity contribution in [2.45, 2.75) is 97.2 Å². The zero-order valence-corrected chi connectivity index (χ0v) is 31.1. The third-order valence-electron chi connectivity index (χ3n) is 8.73. The van der Waals surface area contributed by atoms with E-state index in [0.717, 1.165) is 59.1 Å². The van der Waals surface area contributed by atoms with Gasteiger partial charge in [-0.3, -0.25) is 33.6 Å². The Kier molecular flexibility index (Phi) is 16.8. The molecule has 2 atom stereocenters. The molecule has 16 nitrogen and oxygen atoms in total. The Morgan fingerprint density at radius 2 is 1.78 bits per heavy atom. The number of cyclic esters (lactones) is 1. The second kappa shape index (κ2) is 21.2. The lowest BCUT2D eigenvalue weighted by Gasteiger charge is -2.24. The Labute approximate surface area is 313 Å². The van der Waals surface area contributed by atoms with Gasteiger partial charge in [0.05, 0.1) is 47.9 Å². The molecule has 0 bridgehead atoms. The summed E-state index contributed by atoms with van der Waals surface area (Å²) in [5, 5.41) is 16.8. The van der Waals surface area contributed by atoms with Gasteiger partial charge in [-0.1, -0.05) is 38.5 Å². The van der Waals surface area contributed by atoms with Crippen molar-refractivity contribution in [1.82, 2.24) is 25.5 Å². The predicted molar refractivity (Wildman–Crippen MR) is 201 cm³/mol. The van der Waals surface area contributed by atoms with Gasteiger partial charge >= 0.3 is 11.9 Å². The molecule has 54 heavy (non-hydrogen) atoms. The zero-order chi connectivity index (χ0) is 39.8. The van der Waals surface area contributed by atoms with Crippen LogP contribution in [0.5, 0.6) is 0 Å². The van der Waals surface area contributed by atoms with Crippen molar-refractivity contribution in [2.75, 3.05) is 19.6 Å². The first-order chi connectivity index (χ1) is 25.8. The lowest BCUT2D eigenvalue weighted by molar-refractivity contribution is -0.148. The molecule has 2 aromatic heterocycles. The van der Waals surface area contributed by atoms with E-state index in [0.29, 0.717) is 38.0 Å². The van der Waals surface area contributed by atoms with E-state index in [1.165, 1.54) is 6.92 Å². The molecule has 2 aliphatic rings. The van der Waals surface area contributed by atoms with E-state index < -0.39 is 23.8 Å². The maximum Gasteiger partial charge on any atom is 0.313 e. The van der Waals surface area contributed by atoms with Gasteiger partial charge in [-0.15, -0.1) is 0 Å². The van der Waals surface area contributed by atoms with Gasteiger partial charge in [-0.25, -0.2) is 4.98 Å². The van der Waals surface area contributed by atoms with Crippen LogP contribution in [0.1, 0.15) is 94.7 Å². The number of carbonyl (C=O) groups is 6. The van der Waals surface area contributed by atoms with Crippen molar-refractivity contribution < 1.29 is 38.6 Å². The monoisotopic (exact) mass is 749 g/mol. The highest BCUT2D eigenvalue weighted by atomic mass is 16.5. The van der Waals surface area contributed by atoms with Crippen molar-refractivity contribution in [2.24, 2.45) is 11.5 Å². The molecule has 0 saturated carbocycles. The van der Waals surface area contributed by atoms with Gasteiger partial charge in [0.2, 0.25) is 23.6 Å². The van der Waals surface area contributed by atoms with Crippen molar-refractivity contribution >= 4 is 46.5 Å². The van der Waals surface area contributed by atoms with Gasteiger partial charge in [0.15, 0.2) is 0 Å². The number of aliphatic carboxylic acids is 1. The number of pyridine rings is 2. The molecule has 5 rings (SSSR count). The molecule has 4 heterocycles. The summed E-state index contributed by atoms with van der Waals surface area (Å²) >= 11 is 0. The third-order valence-corrected chi connectivity index (χ3v) is 8.73. The number of esters is 1. The smallest absolute Gasteiger partial charge is 0.313 e. The number of fused-ring (bicyclic) bond motifs is 5. The molecule has 0 fully saturated rings. The molecule has 16 heteroatoms. The number of primary amides is 1. The number of rotatable bonds is 15. The Morgan fingerprint density at radius 1 is 1.04 bits per heavy atom. The van der Waals surface area contributed by atoms with Crippen LogP contribution in [0.3, 0.4) is 0 Å². The van der Waals surface area contributed by atoms with Gasteiger partial charge in [-0.2, -0.15) is 0 Å². The summed E-state index contributed by atoms with van der Waals surface area (Å²) in [7, 11) is 0. The molecule has 0 radical (unpaired) electrons. The van der Waals surface area contributed by atoms with Gasteiger partial charge < -0.3 is 41.8 Å². The number of hydrogen-bond acceptors (Lipinski definition) is 10. The largest absolute Gasteiger partial charge is 0.481 e. The first-order valence-electron chi connectivity index (χ1n) is 18.1. The number of nitrogens with one attached hydrogen (secondary N) is 3.